The van der Waals surface area contributed by atoms with Crippen LogP contribution in [0.5, 0.6) is 0 Å². The van der Waals surface area contributed by atoms with E-state index in [1.54, 1.807) is 0 Å². The Hall–Kier alpha value is -0.940. The van der Waals surface area contributed by atoms with Crippen LogP contribution in [-0.4, -0.2) is 40.3 Å². The van der Waals surface area contributed by atoms with Gasteiger partial charge in [-0.1, -0.05) is 48.0 Å². The zero-order valence-electron chi connectivity index (χ0n) is 23.8. The van der Waals surface area contributed by atoms with Gasteiger partial charge in [-0.15, -0.1) is 0 Å². The maximum Gasteiger partial charge on any atom is 0.302 e. The molecule has 2 N–H and O–H groups in total. The fourth-order valence-electron chi connectivity index (χ4n) is 10.2. The summed E-state index contributed by atoms with van der Waals surface area (Å²) in [6.07, 6.45) is 7.03. The van der Waals surface area contributed by atoms with E-state index in [9.17, 15) is 19.8 Å². The van der Waals surface area contributed by atoms with Crippen LogP contribution in [0.4, 0.5) is 0 Å². The zero-order chi connectivity index (χ0) is 26.6. The van der Waals surface area contributed by atoms with E-state index < -0.39 is 12.2 Å². The highest BCUT2D eigenvalue weighted by Crippen LogP contribution is 2.68. The molecule has 5 heteroatoms. The molecule has 0 spiro atoms. The first-order chi connectivity index (χ1) is 16.8. The van der Waals surface area contributed by atoms with Crippen LogP contribution in [0.2, 0.25) is 0 Å². The molecule has 0 saturated heterocycles. The number of rotatable bonds is 7. The van der Waals surface area contributed by atoms with Gasteiger partial charge in [0.2, 0.25) is 0 Å². The molecular formula is C31H52O5. The lowest BCUT2D eigenvalue weighted by Gasteiger charge is -2.60. The topological polar surface area (TPSA) is 83.8 Å². The fourth-order valence-corrected chi connectivity index (χ4v) is 10.2. The Morgan fingerprint density at radius 2 is 1.64 bits per heavy atom. The van der Waals surface area contributed by atoms with Gasteiger partial charge in [0.05, 0.1) is 12.2 Å². The third kappa shape index (κ3) is 4.59. The van der Waals surface area contributed by atoms with Crippen molar-refractivity contribution in [1.82, 2.24) is 0 Å². The molecule has 12 atom stereocenters. The maximum absolute atomic E-state index is 13.6. The Labute approximate surface area is 219 Å². The second kappa shape index (κ2) is 10.3. The summed E-state index contributed by atoms with van der Waals surface area (Å²) in [4.78, 5) is 25.1. The number of carbonyl (C=O) groups excluding carboxylic acids is 2. The molecular weight excluding hydrogens is 452 g/mol. The molecule has 4 fully saturated rings. The van der Waals surface area contributed by atoms with E-state index in [0.29, 0.717) is 48.2 Å². The summed E-state index contributed by atoms with van der Waals surface area (Å²) in [5.74, 6) is 2.49. The van der Waals surface area contributed by atoms with Gasteiger partial charge in [0.1, 0.15) is 11.9 Å². The number of Topliss-reactive ketones (excluding diaryl/α,β-unsaturated/α-hetero) is 1. The Bertz CT molecular complexity index is 824. The van der Waals surface area contributed by atoms with Crippen LogP contribution in [0.25, 0.3) is 0 Å². The molecule has 5 nitrogen and oxygen atoms in total. The molecule has 4 unspecified atom stereocenters. The van der Waals surface area contributed by atoms with Gasteiger partial charge in [-0.25, -0.2) is 0 Å². The highest BCUT2D eigenvalue weighted by molar-refractivity contribution is 5.83. The molecule has 4 saturated carbocycles. The lowest BCUT2D eigenvalue weighted by molar-refractivity contribution is -0.170. The number of ketones is 1. The molecule has 36 heavy (non-hydrogen) atoms. The van der Waals surface area contributed by atoms with Crippen LogP contribution in [0.3, 0.4) is 0 Å². The van der Waals surface area contributed by atoms with Crippen LogP contribution >= 0.6 is 0 Å². The lowest BCUT2D eigenvalue weighted by atomic mass is 9.44. The number of hydrogen-bond acceptors (Lipinski definition) is 5. The van der Waals surface area contributed by atoms with Crippen molar-refractivity contribution < 1.29 is 24.5 Å². The molecule has 0 aromatic carbocycles. The standard InChI is InChI=1S/C31H52O5/c1-8-21(17(2)3)29(35)28(34)18(4)23-9-10-24-22-16-27(33)26-15-20(36-19(5)32)11-13-31(26,7)25(22)12-14-30(23,24)6/h17-18,20-26,28-29,34-35H,8-16H2,1-7H3/t18-,20-,21-,22?,23?,24?,25?,26+,28+,29+,30+,31+/m0/s1. The predicted octanol–water partition coefficient (Wildman–Crippen LogP) is 5.80. The highest BCUT2D eigenvalue weighted by atomic mass is 16.5. The minimum atomic E-state index is -0.706. The van der Waals surface area contributed by atoms with Gasteiger partial charge in [0, 0.05) is 19.3 Å². The Kier molecular flexibility index (Phi) is 8.05. The summed E-state index contributed by atoms with van der Waals surface area (Å²) >= 11 is 0. The van der Waals surface area contributed by atoms with Gasteiger partial charge in [-0.2, -0.15) is 0 Å². The van der Waals surface area contributed by atoms with Crippen molar-refractivity contribution in [2.24, 2.45) is 58.2 Å². The van der Waals surface area contributed by atoms with E-state index in [4.69, 9.17) is 4.74 Å². The zero-order valence-corrected chi connectivity index (χ0v) is 23.8. The molecule has 4 aliphatic carbocycles. The van der Waals surface area contributed by atoms with Crippen molar-refractivity contribution in [3.8, 4) is 0 Å². The Morgan fingerprint density at radius 3 is 2.25 bits per heavy atom. The van der Waals surface area contributed by atoms with E-state index in [1.165, 1.54) is 6.92 Å². The second-order valence-electron chi connectivity index (χ2n) is 14.0. The van der Waals surface area contributed by atoms with Crippen LogP contribution in [0.1, 0.15) is 106 Å². The molecule has 0 bridgehead atoms. The second-order valence-corrected chi connectivity index (χ2v) is 14.0. The van der Waals surface area contributed by atoms with Crippen molar-refractivity contribution in [3.05, 3.63) is 0 Å². The first kappa shape index (κ1) is 28.1. The molecule has 0 radical (unpaired) electrons. The average molecular weight is 505 g/mol. The first-order valence-electron chi connectivity index (χ1n) is 14.9. The molecule has 206 valence electrons. The summed E-state index contributed by atoms with van der Waals surface area (Å²) in [5, 5.41) is 22.4. The minimum Gasteiger partial charge on any atom is -0.463 e. The maximum atomic E-state index is 13.6. The lowest BCUT2D eigenvalue weighted by Crippen LogP contribution is -2.57. The van der Waals surface area contributed by atoms with Gasteiger partial charge in [-0.05, 0) is 97.2 Å². The van der Waals surface area contributed by atoms with E-state index >= 15 is 0 Å². The summed E-state index contributed by atoms with van der Waals surface area (Å²) < 4.78 is 5.54. The molecule has 0 heterocycles. The van der Waals surface area contributed by atoms with Crippen molar-refractivity contribution in [3.63, 3.8) is 0 Å². The number of ether oxygens (including phenoxy) is 1. The average Bonchev–Trinajstić information content (AvgIpc) is 3.16. The summed E-state index contributed by atoms with van der Waals surface area (Å²) in [6, 6.07) is 0. The van der Waals surface area contributed by atoms with Crippen LogP contribution < -0.4 is 0 Å². The van der Waals surface area contributed by atoms with E-state index in [-0.39, 0.29) is 40.7 Å². The number of esters is 1. The van der Waals surface area contributed by atoms with Gasteiger partial charge >= 0.3 is 5.97 Å². The molecule has 0 aromatic heterocycles. The van der Waals surface area contributed by atoms with E-state index in [0.717, 1.165) is 44.9 Å². The van der Waals surface area contributed by atoms with Gasteiger partial charge in [0.25, 0.3) is 0 Å². The quantitative estimate of drug-likeness (QED) is 0.428. The summed E-state index contributed by atoms with van der Waals surface area (Å²) in [7, 11) is 0. The number of fused-ring (bicyclic) bond motifs is 5. The Balaban J connectivity index is 1.51. The molecule has 0 amide bonds. The van der Waals surface area contributed by atoms with Gasteiger partial charge < -0.3 is 14.9 Å². The van der Waals surface area contributed by atoms with Crippen molar-refractivity contribution in [1.29, 1.82) is 0 Å². The van der Waals surface area contributed by atoms with Gasteiger partial charge in [-0.3, -0.25) is 9.59 Å². The summed E-state index contributed by atoms with van der Waals surface area (Å²) in [6.45, 7) is 14.8. The Morgan fingerprint density at radius 1 is 1.00 bits per heavy atom. The van der Waals surface area contributed by atoms with E-state index in [1.807, 2.05) is 0 Å². The van der Waals surface area contributed by atoms with Crippen LogP contribution in [0, 0.1) is 58.2 Å². The van der Waals surface area contributed by atoms with Gasteiger partial charge in [0.15, 0.2) is 0 Å². The number of carbonyl (C=O) groups is 2. The number of aliphatic hydroxyl groups is 2. The summed E-state index contributed by atoms with van der Waals surface area (Å²) in [5.41, 5.74) is 0.113. The number of aliphatic hydroxyl groups excluding tert-OH is 2. The normalized spacial score (nSPS) is 43.7. The fraction of sp³-hybridized carbons (Fsp3) is 0.935. The predicted molar refractivity (Wildman–Crippen MR) is 141 cm³/mol. The molecule has 0 aliphatic heterocycles. The molecule has 4 aliphatic rings. The largest absolute Gasteiger partial charge is 0.463 e. The van der Waals surface area contributed by atoms with Crippen molar-refractivity contribution in [2.75, 3.05) is 0 Å². The smallest absolute Gasteiger partial charge is 0.302 e. The molecule has 4 rings (SSSR count). The minimum absolute atomic E-state index is 0.00298. The van der Waals surface area contributed by atoms with Crippen LogP contribution in [0.15, 0.2) is 0 Å². The highest BCUT2D eigenvalue weighted by Gasteiger charge is 2.63. The molecule has 0 aromatic rings. The van der Waals surface area contributed by atoms with Crippen molar-refractivity contribution in [2.45, 2.75) is 125 Å². The monoisotopic (exact) mass is 504 g/mol. The van der Waals surface area contributed by atoms with Crippen molar-refractivity contribution >= 4 is 11.8 Å². The number of hydrogen-bond donors (Lipinski definition) is 2. The SMILES string of the molecule is CC[C@@H](C(C)C)[C@@H](O)[C@H](O)[C@@H](C)C1CCC2C3CC(=O)[C@H]4C[C@@H](OC(C)=O)CC[C@]4(C)C3CC[C@@]21C. The van der Waals surface area contributed by atoms with Crippen LogP contribution in [-0.2, 0) is 14.3 Å². The van der Waals surface area contributed by atoms with E-state index in [2.05, 4.69) is 41.5 Å². The third-order valence-electron chi connectivity index (χ3n) is 12.1. The third-order valence-corrected chi connectivity index (χ3v) is 12.1. The first-order valence-corrected chi connectivity index (χ1v) is 14.9.